The summed E-state index contributed by atoms with van der Waals surface area (Å²) in [6, 6.07) is 4.76. The van der Waals surface area contributed by atoms with E-state index in [9.17, 15) is 9.90 Å². The van der Waals surface area contributed by atoms with Crippen molar-refractivity contribution in [2.24, 2.45) is 5.92 Å². The molecule has 1 unspecified atom stereocenters. The summed E-state index contributed by atoms with van der Waals surface area (Å²) in [5.41, 5.74) is 0.427. The van der Waals surface area contributed by atoms with Crippen LogP contribution in [0.4, 0.5) is 0 Å². The molecule has 0 radical (unpaired) electrons. The molecule has 0 aromatic heterocycles. The van der Waals surface area contributed by atoms with E-state index >= 15 is 0 Å². The Labute approximate surface area is 121 Å². The first-order valence-electron chi connectivity index (χ1n) is 5.86. The number of aliphatic hydroxyl groups is 1. The van der Waals surface area contributed by atoms with Gasteiger partial charge in [0.15, 0.2) is 0 Å². The topological polar surface area (TPSA) is 69.6 Å². The van der Waals surface area contributed by atoms with E-state index in [0.717, 1.165) is 0 Å². The molecule has 0 aliphatic carbocycles. The van der Waals surface area contributed by atoms with Gasteiger partial charge < -0.3 is 15.5 Å². The first-order valence-corrected chi connectivity index (χ1v) is 6.93. The minimum Gasteiger partial charge on any atom is -0.507 e. The fourth-order valence-corrected chi connectivity index (χ4v) is 1.95. The Balaban J connectivity index is 2.77. The zero-order chi connectivity index (χ0) is 13.7. The highest BCUT2D eigenvalue weighted by Crippen LogP contribution is 2.20. The summed E-state index contributed by atoms with van der Waals surface area (Å²) < 4.78 is 0.708. The second-order valence-electron chi connectivity index (χ2n) is 4.50. The molecule has 3 N–H and O–H groups in total. The second-order valence-corrected chi connectivity index (χ2v) is 5.66. The summed E-state index contributed by atoms with van der Waals surface area (Å²) >= 11 is 2.00. The highest BCUT2D eigenvalue weighted by molar-refractivity contribution is 14.1. The first kappa shape index (κ1) is 15.2. The largest absolute Gasteiger partial charge is 0.507 e. The molecule has 0 fully saturated rings. The minimum absolute atomic E-state index is 0.0427. The highest BCUT2D eigenvalue weighted by atomic mass is 127. The van der Waals surface area contributed by atoms with E-state index < -0.39 is 0 Å². The van der Waals surface area contributed by atoms with Crippen LogP contribution in [0, 0.1) is 9.49 Å². The molecule has 1 amide bonds. The normalized spacial score (nSPS) is 12.5. The number of aliphatic hydroxyl groups excluding tert-OH is 1. The number of carbonyl (C=O) groups is 1. The smallest absolute Gasteiger partial charge is 0.251 e. The van der Waals surface area contributed by atoms with Crippen LogP contribution in [-0.2, 0) is 0 Å². The molecule has 1 aromatic rings. The van der Waals surface area contributed by atoms with Gasteiger partial charge in [0.1, 0.15) is 5.75 Å². The molecule has 0 saturated heterocycles. The summed E-state index contributed by atoms with van der Waals surface area (Å²) in [7, 11) is 0. The first-order chi connectivity index (χ1) is 8.45. The predicted octanol–water partition coefficient (Wildman–Crippen LogP) is 2.13. The summed E-state index contributed by atoms with van der Waals surface area (Å²) in [6.45, 7) is 4.03. The van der Waals surface area contributed by atoms with E-state index in [1.54, 1.807) is 12.1 Å². The average Bonchev–Trinajstić information content (AvgIpc) is 2.31. The van der Waals surface area contributed by atoms with Crippen molar-refractivity contribution >= 4 is 28.5 Å². The molecule has 18 heavy (non-hydrogen) atoms. The van der Waals surface area contributed by atoms with Gasteiger partial charge in [-0.25, -0.2) is 0 Å². The lowest BCUT2D eigenvalue weighted by atomic mass is 10.0. The van der Waals surface area contributed by atoms with E-state index in [4.69, 9.17) is 5.11 Å². The third-order valence-corrected chi connectivity index (χ3v) is 3.68. The molecule has 0 bridgehead atoms. The summed E-state index contributed by atoms with van der Waals surface area (Å²) in [6.07, 6.45) is 0.528. The van der Waals surface area contributed by atoms with Gasteiger partial charge in [-0.1, -0.05) is 13.8 Å². The van der Waals surface area contributed by atoms with Crippen LogP contribution in [0.25, 0.3) is 0 Å². The van der Waals surface area contributed by atoms with Gasteiger partial charge in [-0.15, -0.1) is 0 Å². The zero-order valence-corrected chi connectivity index (χ0v) is 12.6. The molecule has 5 heteroatoms. The Morgan fingerprint density at radius 1 is 1.44 bits per heavy atom. The Morgan fingerprint density at radius 3 is 2.61 bits per heavy atom. The predicted molar refractivity (Wildman–Crippen MR) is 78.6 cm³/mol. The zero-order valence-electron chi connectivity index (χ0n) is 10.5. The fourth-order valence-electron chi connectivity index (χ4n) is 1.62. The Hall–Kier alpha value is -0.820. The Bertz CT molecular complexity index is 421. The minimum atomic E-state index is -0.228. The van der Waals surface area contributed by atoms with Crippen LogP contribution in [0.5, 0.6) is 5.75 Å². The second kappa shape index (κ2) is 6.94. The molecule has 0 saturated carbocycles. The van der Waals surface area contributed by atoms with Crippen molar-refractivity contribution < 1.29 is 15.0 Å². The molecule has 1 aromatic carbocycles. The molecule has 0 aliphatic rings. The number of rotatable bonds is 5. The average molecular weight is 363 g/mol. The van der Waals surface area contributed by atoms with Gasteiger partial charge in [0.2, 0.25) is 0 Å². The summed E-state index contributed by atoms with van der Waals surface area (Å²) in [5, 5.41) is 21.4. The molecule has 0 heterocycles. The standard InChI is InChI=1S/C13H18INO3/c1-8(2)11(5-6-16)15-13(18)9-3-4-10(14)12(17)7-9/h3-4,7-8,11,16-17H,5-6H2,1-2H3,(H,15,18). The van der Waals surface area contributed by atoms with Crippen molar-refractivity contribution in [3.8, 4) is 5.75 Å². The van der Waals surface area contributed by atoms with Crippen LogP contribution < -0.4 is 5.32 Å². The molecule has 1 atom stereocenters. The number of carbonyl (C=O) groups excluding carboxylic acids is 1. The van der Waals surface area contributed by atoms with Crippen molar-refractivity contribution in [3.05, 3.63) is 27.3 Å². The lowest BCUT2D eigenvalue weighted by Gasteiger charge is -2.21. The number of benzene rings is 1. The SMILES string of the molecule is CC(C)C(CCO)NC(=O)c1ccc(I)c(O)c1. The van der Waals surface area contributed by atoms with E-state index in [1.807, 2.05) is 36.4 Å². The van der Waals surface area contributed by atoms with Crippen LogP contribution in [0.2, 0.25) is 0 Å². The van der Waals surface area contributed by atoms with Crippen molar-refractivity contribution in [1.29, 1.82) is 0 Å². The molecule has 0 aliphatic heterocycles. The lowest BCUT2D eigenvalue weighted by Crippen LogP contribution is -2.39. The third-order valence-electron chi connectivity index (χ3n) is 2.77. The number of nitrogens with one attached hydrogen (secondary N) is 1. The Morgan fingerprint density at radius 2 is 2.11 bits per heavy atom. The van der Waals surface area contributed by atoms with Crippen LogP contribution in [0.3, 0.4) is 0 Å². The van der Waals surface area contributed by atoms with Crippen LogP contribution in [0.1, 0.15) is 30.6 Å². The third kappa shape index (κ3) is 4.13. The van der Waals surface area contributed by atoms with Crippen LogP contribution >= 0.6 is 22.6 Å². The van der Waals surface area contributed by atoms with Crippen LogP contribution in [0.15, 0.2) is 18.2 Å². The van der Waals surface area contributed by atoms with E-state index in [1.165, 1.54) is 6.07 Å². The quantitative estimate of drug-likeness (QED) is 0.702. The van der Waals surface area contributed by atoms with Crippen molar-refractivity contribution in [3.63, 3.8) is 0 Å². The van der Waals surface area contributed by atoms with Gasteiger partial charge in [-0.2, -0.15) is 0 Å². The number of amides is 1. The summed E-state index contributed by atoms with van der Waals surface area (Å²) in [5.74, 6) is 0.124. The number of phenolic OH excluding ortho intramolecular Hbond substituents is 1. The van der Waals surface area contributed by atoms with E-state index in [2.05, 4.69) is 5.32 Å². The summed E-state index contributed by atoms with van der Waals surface area (Å²) in [4.78, 5) is 12.0. The van der Waals surface area contributed by atoms with Crippen LogP contribution in [-0.4, -0.2) is 28.8 Å². The van der Waals surface area contributed by atoms with Gasteiger partial charge in [-0.3, -0.25) is 4.79 Å². The number of halogens is 1. The van der Waals surface area contributed by atoms with Crippen molar-refractivity contribution in [1.82, 2.24) is 5.32 Å². The van der Waals surface area contributed by atoms with Crippen molar-refractivity contribution in [2.45, 2.75) is 26.3 Å². The van der Waals surface area contributed by atoms with Gasteiger partial charge in [-0.05, 0) is 53.1 Å². The van der Waals surface area contributed by atoms with E-state index in [0.29, 0.717) is 15.6 Å². The van der Waals surface area contributed by atoms with Gasteiger partial charge >= 0.3 is 0 Å². The molecule has 0 spiro atoms. The number of hydrogen-bond donors (Lipinski definition) is 3. The number of phenols is 1. The molecular weight excluding hydrogens is 345 g/mol. The highest BCUT2D eigenvalue weighted by Gasteiger charge is 2.17. The van der Waals surface area contributed by atoms with E-state index in [-0.39, 0.29) is 30.2 Å². The molecular formula is C13H18INO3. The molecule has 4 nitrogen and oxygen atoms in total. The number of hydrogen-bond acceptors (Lipinski definition) is 3. The fraction of sp³-hybridized carbons (Fsp3) is 0.462. The van der Waals surface area contributed by atoms with Gasteiger partial charge in [0.25, 0.3) is 5.91 Å². The van der Waals surface area contributed by atoms with Gasteiger partial charge in [0.05, 0.1) is 3.57 Å². The number of aromatic hydroxyl groups is 1. The lowest BCUT2D eigenvalue weighted by molar-refractivity contribution is 0.0916. The monoisotopic (exact) mass is 363 g/mol. The maximum absolute atomic E-state index is 12.0. The maximum Gasteiger partial charge on any atom is 0.251 e. The Kier molecular flexibility index (Phi) is 5.87. The van der Waals surface area contributed by atoms with Crippen molar-refractivity contribution in [2.75, 3.05) is 6.61 Å². The molecule has 100 valence electrons. The van der Waals surface area contributed by atoms with Gasteiger partial charge in [0, 0.05) is 18.2 Å². The molecule has 1 rings (SSSR count). The maximum atomic E-state index is 12.0.